The van der Waals surface area contributed by atoms with Crippen LogP contribution in [0.15, 0.2) is 24.5 Å². The maximum Gasteiger partial charge on any atom is 0.407 e. The lowest BCUT2D eigenvalue weighted by atomic mass is 10.0. The Morgan fingerprint density at radius 1 is 1.37 bits per heavy atom. The molecule has 0 aliphatic carbocycles. The summed E-state index contributed by atoms with van der Waals surface area (Å²) in [5, 5.41) is 2.57. The molecule has 0 bridgehead atoms. The molecule has 104 valence electrons. The zero-order valence-corrected chi connectivity index (χ0v) is 10.9. The van der Waals surface area contributed by atoms with E-state index in [1.807, 2.05) is 0 Å². The molecule has 1 N–H and O–H groups in total. The van der Waals surface area contributed by atoms with E-state index in [9.17, 15) is 9.59 Å². The van der Waals surface area contributed by atoms with E-state index in [1.165, 1.54) is 11.7 Å². The minimum Gasteiger partial charge on any atom is -0.453 e. The first kappa shape index (κ1) is 13.6. The summed E-state index contributed by atoms with van der Waals surface area (Å²) in [7, 11) is 1.27. The Morgan fingerprint density at radius 3 is 2.68 bits per heavy atom. The molecule has 2 atom stereocenters. The first-order valence-corrected chi connectivity index (χ1v) is 6.35. The molecule has 6 nitrogen and oxygen atoms in total. The second-order valence-electron chi connectivity index (χ2n) is 4.45. The number of hydrogen-bond acceptors (Lipinski definition) is 4. The molecule has 0 radical (unpaired) electrons. The predicted molar refractivity (Wildman–Crippen MR) is 68.0 cm³/mol. The topological polar surface area (TPSA) is 69.6 Å². The minimum atomic E-state index is -0.722. The number of nitrogens with zero attached hydrogens (tertiary/aromatic N) is 1. The first-order valence-electron chi connectivity index (χ1n) is 6.35. The largest absolute Gasteiger partial charge is 0.453 e. The second-order valence-corrected chi connectivity index (χ2v) is 4.45. The quantitative estimate of drug-likeness (QED) is 0.898. The molecule has 1 aromatic heterocycles. The summed E-state index contributed by atoms with van der Waals surface area (Å²) in [5.74, 6) is -0.220. The molecule has 1 fully saturated rings. The van der Waals surface area contributed by atoms with Crippen LogP contribution in [0.4, 0.5) is 4.79 Å². The van der Waals surface area contributed by atoms with Crippen LogP contribution in [0.3, 0.4) is 0 Å². The Morgan fingerprint density at radius 2 is 2.11 bits per heavy atom. The molecule has 2 rings (SSSR count). The van der Waals surface area contributed by atoms with Crippen molar-refractivity contribution in [3.05, 3.63) is 24.5 Å². The Labute approximate surface area is 111 Å². The molecule has 1 amide bonds. The van der Waals surface area contributed by atoms with Gasteiger partial charge in [0.2, 0.25) is 0 Å². The monoisotopic (exact) mass is 266 g/mol. The highest BCUT2D eigenvalue weighted by Crippen LogP contribution is 2.17. The van der Waals surface area contributed by atoms with Gasteiger partial charge in [0.05, 0.1) is 13.2 Å². The Hall–Kier alpha value is -1.82. The van der Waals surface area contributed by atoms with Gasteiger partial charge in [-0.15, -0.1) is 0 Å². The fourth-order valence-electron chi connectivity index (χ4n) is 2.17. The summed E-state index contributed by atoms with van der Waals surface area (Å²) in [6.45, 7) is 0.614. The summed E-state index contributed by atoms with van der Waals surface area (Å²) in [5.41, 5.74) is 0. The number of carbonyl (C=O) groups excluding carboxylic acids is 2. The number of hydrogen-bond donors (Lipinski definition) is 1. The van der Waals surface area contributed by atoms with Gasteiger partial charge in [0.1, 0.15) is 6.04 Å². The van der Waals surface area contributed by atoms with Gasteiger partial charge >= 0.3 is 6.09 Å². The number of rotatable bonds is 3. The van der Waals surface area contributed by atoms with Gasteiger partial charge in [0.25, 0.3) is 5.91 Å². The molecule has 0 saturated carbocycles. The maximum absolute atomic E-state index is 12.4. The Kier molecular flexibility index (Phi) is 4.57. The third-order valence-corrected chi connectivity index (χ3v) is 3.17. The molecule has 0 spiro atoms. The van der Waals surface area contributed by atoms with Crippen LogP contribution in [0.5, 0.6) is 0 Å². The average molecular weight is 266 g/mol. The fraction of sp³-hybridized carbons (Fsp3) is 0.538. The van der Waals surface area contributed by atoms with E-state index < -0.39 is 12.1 Å². The first-order chi connectivity index (χ1) is 9.22. The van der Waals surface area contributed by atoms with Crippen LogP contribution >= 0.6 is 0 Å². The normalized spacial score (nSPS) is 20.6. The van der Waals surface area contributed by atoms with E-state index in [-0.39, 0.29) is 12.0 Å². The van der Waals surface area contributed by atoms with Crippen LogP contribution < -0.4 is 5.32 Å². The molecular weight excluding hydrogens is 248 g/mol. The molecule has 0 aromatic carbocycles. The Balaban J connectivity index is 2.13. The molecule has 1 aromatic rings. The SMILES string of the molecule is COC(=O)NC(C(=O)n1cccc1)C1CCCCO1. The average Bonchev–Trinajstić information content (AvgIpc) is 2.99. The predicted octanol–water partition coefficient (Wildman–Crippen LogP) is 1.42. The molecule has 6 heteroatoms. The van der Waals surface area contributed by atoms with Crippen molar-refractivity contribution in [1.82, 2.24) is 9.88 Å². The van der Waals surface area contributed by atoms with Gasteiger partial charge in [-0.2, -0.15) is 0 Å². The standard InChI is InChI=1S/C13H18N2O4/c1-18-13(17)14-11(10-6-2-5-9-19-10)12(16)15-7-3-4-8-15/h3-4,7-8,10-11H,2,5-6,9H2,1H3,(H,14,17). The smallest absolute Gasteiger partial charge is 0.407 e. The molecule has 1 aliphatic heterocycles. The zero-order chi connectivity index (χ0) is 13.7. The van der Waals surface area contributed by atoms with Gasteiger partial charge in [-0.25, -0.2) is 4.79 Å². The summed E-state index contributed by atoms with van der Waals surface area (Å²) in [4.78, 5) is 23.8. The number of methoxy groups -OCH3 is 1. The van der Waals surface area contributed by atoms with Crippen molar-refractivity contribution < 1.29 is 19.1 Å². The Bertz CT molecular complexity index is 424. The number of amides is 1. The summed E-state index contributed by atoms with van der Waals surface area (Å²) >= 11 is 0. The van der Waals surface area contributed by atoms with Gasteiger partial charge in [-0.1, -0.05) is 0 Å². The maximum atomic E-state index is 12.4. The lowest BCUT2D eigenvalue weighted by Gasteiger charge is -2.29. The van der Waals surface area contributed by atoms with Gasteiger partial charge in [0.15, 0.2) is 0 Å². The molecule has 2 heterocycles. The van der Waals surface area contributed by atoms with E-state index in [0.717, 1.165) is 19.3 Å². The van der Waals surface area contributed by atoms with Crippen molar-refractivity contribution in [2.24, 2.45) is 0 Å². The van der Waals surface area contributed by atoms with E-state index in [2.05, 4.69) is 10.1 Å². The number of aromatic nitrogens is 1. The van der Waals surface area contributed by atoms with Gasteiger partial charge in [-0.3, -0.25) is 9.36 Å². The van der Waals surface area contributed by atoms with Crippen LogP contribution in [-0.2, 0) is 9.47 Å². The highest BCUT2D eigenvalue weighted by Gasteiger charge is 2.32. The third-order valence-electron chi connectivity index (χ3n) is 3.17. The molecule has 1 aliphatic rings. The number of nitrogens with one attached hydrogen (secondary N) is 1. The highest BCUT2D eigenvalue weighted by molar-refractivity contribution is 5.88. The third kappa shape index (κ3) is 3.35. The van der Waals surface area contributed by atoms with Crippen molar-refractivity contribution in [3.63, 3.8) is 0 Å². The molecule has 1 saturated heterocycles. The van der Waals surface area contributed by atoms with Crippen LogP contribution in [0.2, 0.25) is 0 Å². The van der Waals surface area contributed by atoms with Crippen molar-refractivity contribution in [1.29, 1.82) is 0 Å². The molecular formula is C13H18N2O4. The summed E-state index contributed by atoms with van der Waals surface area (Å²) in [6.07, 6.45) is 5.10. The van der Waals surface area contributed by atoms with E-state index in [0.29, 0.717) is 6.61 Å². The minimum absolute atomic E-state index is 0.220. The summed E-state index contributed by atoms with van der Waals surface area (Å²) in [6, 6.07) is 2.80. The van der Waals surface area contributed by atoms with Crippen molar-refractivity contribution in [2.75, 3.05) is 13.7 Å². The lowest BCUT2D eigenvalue weighted by Crippen LogP contribution is -2.52. The van der Waals surface area contributed by atoms with Crippen molar-refractivity contribution >= 4 is 12.0 Å². The van der Waals surface area contributed by atoms with Crippen LogP contribution in [0, 0.1) is 0 Å². The number of ether oxygens (including phenoxy) is 2. The number of carbonyl (C=O) groups is 2. The van der Waals surface area contributed by atoms with Crippen molar-refractivity contribution in [2.45, 2.75) is 31.4 Å². The van der Waals surface area contributed by atoms with Gasteiger partial charge in [-0.05, 0) is 31.4 Å². The second kappa shape index (κ2) is 6.38. The highest BCUT2D eigenvalue weighted by atomic mass is 16.5. The molecule has 2 unspecified atom stereocenters. The zero-order valence-electron chi connectivity index (χ0n) is 10.9. The number of alkyl carbamates (subject to hydrolysis) is 1. The van der Waals surface area contributed by atoms with Gasteiger partial charge in [0, 0.05) is 19.0 Å². The van der Waals surface area contributed by atoms with Gasteiger partial charge < -0.3 is 14.8 Å². The van der Waals surface area contributed by atoms with E-state index in [1.54, 1.807) is 24.5 Å². The molecule has 19 heavy (non-hydrogen) atoms. The van der Waals surface area contributed by atoms with Crippen molar-refractivity contribution in [3.8, 4) is 0 Å². The van der Waals surface area contributed by atoms with Crippen LogP contribution in [0.1, 0.15) is 24.1 Å². The van der Waals surface area contributed by atoms with E-state index in [4.69, 9.17) is 4.74 Å². The fourth-order valence-corrected chi connectivity index (χ4v) is 2.17. The summed E-state index contributed by atoms with van der Waals surface area (Å²) < 4.78 is 11.6. The van der Waals surface area contributed by atoms with E-state index >= 15 is 0 Å². The van der Waals surface area contributed by atoms with Crippen LogP contribution in [0.25, 0.3) is 0 Å². The van der Waals surface area contributed by atoms with Crippen LogP contribution in [-0.4, -0.2) is 42.4 Å². The lowest BCUT2D eigenvalue weighted by molar-refractivity contribution is -0.00581.